The highest BCUT2D eigenvalue weighted by atomic mass is 16.5. The first kappa shape index (κ1) is 12.7. The second-order valence-corrected chi connectivity index (χ2v) is 3.87. The fourth-order valence-corrected chi connectivity index (χ4v) is 1.35. The van der Waals surface area contributed by atoms with Gasteiger partial charge in [-0.2, -0.15) is 0 Å². The van der Waals surface area contributed by atoms with Gasteiger partial charge in [0, 0.05) is 0 Å². The summed E-state index contributed by atoms with van der Waals surface area (Å²) in [6.07, 6.45) is 0.463. The highest BCUT2D eigenvalue weighted by molar-refractivity contribution is 5.78. The molecule has 1 amide bonds. The number of amides is 1. The Labute approximate surface area is 95.8 Å². The van der Waals surface area contributed by atoms with E-state index in [4.69, 9.17) is 10.6 Å². The van der Waals surface area contributed by atoms with Crippen molar-refractivity contribution in [3.8, 4) is 0 Å². The normalized spacial score (nSPS) is 10.5. The Balaban J connectivity index is 2.71. The van der Waals surface area contributed by atoms with Gasteiger partial charge < -0.3 is 4.74 Å². The van der Waals surface area contributed by atoms with E-state index < -0.39 is 0 Å². The zero-order valence-electron chi connectivity index (χ0n) is 9.69. The van der Waals surface area contributed by atoms with E-state index >= 15 is 0 Å². The van der Waals surface area contributed by atoms with Crippen molar-refractivity contribution in [3.05, 3.63) is 35.4 Å². The predicted molar refractivity (Wildman–Crippen MR) is 62.4 cm³/mol. The molecule has 0 aliphatic rings. The first-order chi connectivity index (χ1) is 7.63. The second kappa shape index (κ2) is 6.25. The van der Waals surface area contributed by atoms with E-state index in [9.17, 15) is 4.79 Å². The maximum absolute atomic E-state index is 11.2. The Morgan fingerprint density at radius 2 is 2.00 bits per heavy atom. The SMILES string of the molecule is CC(C)OCc1ccccc1CC(=O)NN. The number of ether oxygens (including phenoxy) is 1. The molecule has 1 rings (SSSR count). The van der Waals surface area contributed by atoms with Crippen LogP contribution < -0.4 is 11.3 Å². The summed E-state index contributed by atoms with van der Waals surface area (Å²) in [5, 5.41) is 0. The standard InChI is InChI=1S/C12H18N2O2/c1-9(2)16-8-11-6-4-3-5-10(11)7-12(15)14-13/h3-6,9H,7-8,13H2,1-2H3,(H,14,15). The zero-order valence-corrected chi connectivity index (χ0v) is 9.69. The Morgan fingerprint density at radius 3 is 2.56 bits per heavy atom. The van der Waals surface area contributed by atoms with Crippen molar-refractivity contribution in [2.24, 2.45) is 5.84 Å². The van der Waals surface area contributed by atoms with E-state index in [1.54, 1.807) is 0 Å². The smallest absolute Gasteiger partial charge is 0.238 e. The fourth-order valence-electron chi connectivity index (χ4n) is 1.35. The van der Waals surface area contributed by atoms with Gasteiger partial charge in [-0.1, -0.05) is 24.3 Å². The molecule has 0 saturated carbocycles. The van der Waals surface area contributed by atoms with Gasteiger partial charge in [-0.25, -0.2) is 5.84 Å². The van der Waals surface area contributed by atoms with Crippen LogP contribution in [0.15, 0.2) is 24.3 Å². The summed E-state index contributed by atoms with van der Waals surface area (Å²) < 4.78 is 5.52. The highest BCUT2D eigenvalue weighted by Crippen LogP contribution is 2.11. The van der Waals surface area contributed by atoms with E-state index in [1.807, 2.05) is 38.1 Å². The minimum absolute atomic E-state index is 0.177. The third-order valence-corrected chi connectivity index (χ3v) is 2.20. The van der Waals surface area contributed by atoms with Crippen molar-refractivity contribution in [1.29, 1.82) is 0 Å². The molecular weight excluding hydrogens is 204 g/mol. The number of carbonyl (C=O) groups excluding carboxylic acids is 1. The maximum Gasteiger partial charge on any atom is 0.238 e. The molecule has 0 aliphatic heterocycles. The van der Waals surface area contributed by atoms with Crippen molar-refractivity contribution in [3.63, 3.8) is 0 Å². The summed E-state index contributed by atoms with van der Waals surface area (Å²) in [5.74, 6) is 4.86. The van der Waals surface area contributed by atoms with Crippen LogP contribution in [0, 0.1) is 0 Å². The van der Waals surface area contributed by atoms with Crippen LogP contribution >= 0.6 is 0 Å². The first-order valence-corrected chi connectivity index (χ1v) is 5.31. The molecule has 4 nitrogen and oxygen atoms in total. The van der Waals surface area contributed by atoms with Crippen LogP contribution in [0.2, 0.25) is 0 Å². The molecule has 0 atom stereocenters. The number of hydrogen-bond acceptors (Lipinski definition) is 3. The van der Waals surface area contributed by atoms with Gasteiger partial charge in [0.05, 0.1) is 19.1 Å². The van der Waals surface area contributed by atoms with Crippen LogP contribution in [0.4, 0.5) is 0 Å². The van der Waals surface area contributed by atoms with E-state index in [0.717, 1.165) is 11.1 Å². The van der Waals surface area contributed by atoms with Gasteiger partial charge in [0.25, 0.3) is 0 Å². The zero-order chi connectivity index (χ0) is 12.0. The molecule has 0 radical (unpaired) electrons. The molecule has 1 aromatic carbocycles. The maximum atomic E-state index is 11.2. The molecule has 16 heavy (non-hydrogen) atoms. The van der Waals surface area contributed by atoms with Gasteiger partial charge in [-0.05, 0) is 25.0 Å². The lowest BCUT2D eigenvalue weighted by Crippen LogP contribution is -2.31. The number of carbonyl (C=O) groups is 1. The molecule has 0 bridgehead atoms. The molecule has 0 heterocycles. The lowest BCUT2D eigenvalue weighted by Gasteiger charge is -2.11. The highest BCUT2D eigenvalue weighted by Gasteiger charge is 2.07. The monoisotopic (exact) mass is 222 g/mol. The number of nitrogens with one attached hydrogen (secondary N) is 1. The van der Waals surface area contributed by atoms with Crippen LogP contribution in [-0.4, -0.2) is 12.0 Å². The minimum Gasteiger partial charge on any atom is -0.374 e. The van der Waals surface area contributed by atoms with Crippen molar-refractivity contribution in [1.82, 2.24) is 5.43 Å². The number of benzene rings is 1. The molecule has 1 aromatic rings. The van der Waals surface area contributed by atoms with E-state index in [-0.39, 0.29) is 18.4 Å². The molecule has 0 spiro atoms. The van der Waals surface area contributed by atoms with E-state index in [1.165, 1.54) is 0 Å². The minimum atomic E-state index is -0.197. The van der Waals surface area contributed by atoms with Crippen molar-refractivity contribution >= 4 is 5.91 Å². The quantitative estimate of drug-likeness (QED) is 0.446. The number of hydrogen-bond donors (Lipinski definition) is 2. The molecule has 0 saturated heterocycles. The van der Waals surface area contributed by atoms with Crippen molar-refractivity contribution in [2.75, 3.05) is 0 Å². The molecule has 0 aliphatic carbocycles. The van der Waals surface area contributed by atoms with Gasteiger partial charge in [-0.15, -0.1) is 0 Å². The number of rotatable bonds is 5. The average molecular weight is 222 g/mol. The van der Waals surface area contributed by atoms with Gasteiger partial charge in [-0.3, -0.25) is 10.2 Å². The van der Waals surface area contributed by atoms with Crippen LogP contribution in [0.1, 0.15) is 25.0 Å². The van der Waals surface area contributed by atoms with E-state index in [2.05, 4.69) is 5.43 Å². The van der Waals surface area contributed by atoms with Crippen molar-refractivity contribution in [2.45, 2.75) is 33.0 Å². The molecule has 0 unspecified atom stereocenters. The average Bonchev–Trinajstić information content (AvgIpc) is 2.27. The molecule has 4 heteroatoms. The van der Waals surface area contributed by atoms with E-state index in [0.29, 0.717) is 6.61 Å². The summed E-state index contributed by atoms with van der Waals surface area (Å²) in [6.45, 7) is 4.48. The molecular formula is C12H18N2O2. The summed E-state index contributed by atoms with van der Waals surface area (Å²) >= 11 is 0. The molecule has 3 N–H and O–H groups in total. The Bertz CT molecular complexity index is 351. The predicted octanol–water partition coefficient (Wildman–Crippen LogP) is 1.14. The van der Waals surface area contributed by atoms with Gasteiger partial charge in [0.1, 0.15) is 0 Å². The summed E-state index contributed by atoms with van der Waals surface area (Å²) in [4.78, 5) is 11.2. The van der Waals surface area contributed by atoms with Crippen LogP contribution in [0.3, 0.4) is 0 Å². The molecule has 0 fully saturated rings. The Morgan fingerprint density at radius 1 is 1.38 bits per heavy atom. The van der Waals surface area contributed by atoms with Crippen LogP contribution in [-0.2, 0) is 22.6 Å². The van der Waals surface area contributed by atoms with Crippen LogP contribution in [0.25, 0.3) is 0 Å². The summed E-state index contributed by atoms with van der Waals surface area (Å²) in [7, 11) is 0. The summed E-state index contributed by atoms with van der Waals surface area (Å²) in [5.41, 5.74) is 4.10. The lowest BCUT2D eigenvalue weighted by atomic mass is 10.1. The van der Waals surface area contributed by atoms with Gasteiger partial charge in [0.2, 0.25) is 5.91 Å². The third-order valence-electron chi connectivity index (χ3n) is 2.20. The fraction of sp³-hybridized carbons (Fsp3) is 0.417. The lowest BCUT2D eigenvalue weighted by molar-refractivity contribution is -0.120. The first-order valence-electron chi connectivity index (χ1n) is 5.31. The van der Waals surface area contributed by atoms with Gasteiger partial charge in [0.15, 0.2) is 0 Å². The van der Waals surface area contributed by atoms with Crippen LogP contribution in [0.5, 0.6) is 0 Å². The largest absolute Gasteiger partial charge is 0.374 e. The molecule has 88 valence electrons. The topological polar surface area (TPSA) is 64.3 Å². The van der Waals surface area contributed by atoms with Gasteiger partial charge >= 0.3 is 0 Å². The number of nitrogens with two attached hydrogens (primary N) is 1. The Hall–Kier alpha value is -1.39. The second-order valence-electron chi connectivity index (χ2n) is 3.87. The van der Waals surface area contributed by atoms with Crippen molar-refractivity contribution < 1.29 is 9.53 Å². The Kier molecular flexibility index (Phi) is 4.95. The molecule has 0 aromatic heterocycles. The number of hydrazine groups is 1. The summed E-state index contributed by atoms with van der Waals surface area (Å²) in [6, 6.07) is 7.71. The third kappa shape index (κ3) is 4.00.